The Morgan fingerprint density at radius 2 is 1.67 bits per heavy atom. The zero-order valence-electron chi connectivity index (χ0n) is 13.1. The van der Waals surface area contributed by atoms with Crippen LogP contribution in [0.15, 0.2) is 36.2 Å². The molecule has 1 unspecified atom stereocenters. The largest absolute Gasteiger partial charge is 0.207 e. The predicted octanol–water partition coefficient (Wildman–Crippen LogP) is 6.07. The van der Waals surface area contributed by atoms with E-state index in [1.165, 1.54) is 6.08 Å². The Morgan fingerprint density at radius 1 is 1.17 bits per heavy atom. The van der Waals surface area contributed by atoms with E-state index in [4.69, 9.17) is 0 Å². The molecule has 0 N–H and O–H groups in total. The Hall–Kier alpha value is -0.850. The zero-order valence-corrected chi connectivity index (χ0v) is 13.1. The number of hydrogen-bond donors (Lipinski definition) is 0. The van der Waals surface area contributed by atoms with Crippen molar-refractivity contribution in [1.29, 1.82) is 0 Å². The van der Waals surface area contributed by atoms with Gasteiger partial charge in [-0.2, -0.15) is 0 Å². The van der Waals surface area contributed by atoms with E-state index >= 15 is 0 Å². The first-order valence-electron chi connectivity index (χ1n) is 6.67. The summed E-state index contributed by atoms with van der Waals surface area (Å²) in [5.74, 6) is 0.119. The standard InChI is InChI=1S/C17H29F/c1-9-13(11-14(18)10-2)15(17(6,7)8)12-16(3,4)5/h9-11,15H,1,12H2,2-8H3/b13-11+,14-10+. The van der Waals surface area contributed by atoms with Gasteiger partial charge in [0.1, 0.15) is 5.83 Å². The average Bonchev–Trinajstić information content (AvgIpc) is 2.19. The molecule has 0 bridgehead atoms. The van der Waals surface area contributed by atoms with E-state index in [1.54, 1.807) is 19.1 Å². The monoisotopic (exact) mass is 252 g/mol. The van der Waals surface area contributed by atoms with Gasteiger partial charge in [-0.05, 0) is 41.7 Å². The van der Waals surface area contributed by atoms with Gasteiger partial charge in [-0.1, -0.05) is 60.3 Å². The third kappa shape index (κ3) is 6.18. The second kappa shape index (κ2) is 6.36. The van der Waals surface area contributed by atoms with Crippen molar-refractivity contribution in [3.63, 3.8) is 0 Å². The first-order chi connectivity index (χ1) is 8.01. The highest BCUT2D eigenvalue weighted by atomic mass is 19.1. The van der Waals surface area contributed by atoms with E-state index in [0.29, 0.717) is 5.92 Å². The van der Waals surface area contributed by atoms with Crippen molar-refractivity contribution < 1.29 is 4.39 Å². The molecule has 0 aromatic rings. The molecule has 0 saturated heterocycles. The fraction of sp³-hybridized carbons (Fsp3) is 0.647. The summed E-state index contributed by atoms with van der Waals surface area (Å²) in [6.07, 6.45) is 5.92. The van der Waals surface area contributed by atoms with Crippen molar-refractivity contribution in [2.45, 2.75) is 54.9 Å². The Morgan fingerprint density at radius 3 is 1.94 bits per heavy atom. The lowest BCUT2D eigenvalue weighted by Crippen LogP contribution is -2.26. The number of allylic oxidation sites excluding steroid dienone is 5. The van der Waals surface area contributed by atoms with Crippen LogP contribution in [0.1, 0.15) is 54.9 Å². The lowest BCUT2D eigenvalue weighted by molar-refractivity contribution is 0.199. The van der Waals surface area contributed by atoms with Crippen LogP contribution in [0.5, 0.6) is 0 Å². The highest BCUT2D eigenvalue weighted by Gasteiger charge is 2.30. The summed E-state index contributed by atoms with van der Waals surface area (Å²) < 4.78 is 13.5. The molecule has 104 valence electrons. The van der Waals surface area contributed by atoms with Gasteiger partial charge >= 0.3 is 0 Å². The van der Waals surface area contributed by atoms with Crippen molar-refractivity contribution >= 4 is 0 Å². The van der Waals surface area contributed by atoms with Gasteiger partial charge in [-0.15, -0.1) is 0 Å². The first kappa shape index (κ1) is 17.2. The van der Waals surface area contributed by atoms with E-state index < -0.39 is 0 Å². The van der Waals surface area contributed by atoms with E-state index in [0.717, 1.165) is 12.0 Å². The van der Waals surface area contributed by atoms with Crippen molar-refractivity contribution in [3.05, 3.63) is 36.2 Å². The normalized spacial score (nSPS) is 16.7. The SMILES string of the molecule is C=C/C(=C\C(F)=C/C)C(CC(C)(C)C)C(C)(C)C. The van der Waals surface area contributed by atoms with Crippen LogP contribution < -0.4 is 0 Å². The first-order valence-corrected chi connectivity index (χ1v) is 6.67. The molecule has 0 heterocycles. The van der Waals surface area contributed by atoms with Crippen LogP contribution in [0.3, 0.4) is 0 Å². The molecule has 1 heteroatoms. The van der Waals surface area contributed by atoms with E-state index in [2.05, 4.69) is 48.1 Å². The molecule has 0 aromatic heterocycles. The van der Waals surface area contributed by atoms with Gasteiger partial charge in [0.05, 0.1) is 0 Å². The molecule has 0 aromatic carbocycles. The van der Waals surface area contributed by atoms with Crippen LogP contribution in [0, 0.1) is 16.7 Å². The fourth-order valence-corrected chi connectivity index (χ4v) is 2.08. The van der Waals surface area contributed by atoms with Crippen molar-refractivity contribution in [3.8, 4) is 0 Å². The molecule has 0 fully saturated rings. The van der Waals surface area contributed by atoms with Crippen LogP contribution in [-0.2, 0) is 0 Å². The molecule has 0 rings (SSSR count). The maximum absolute atomic E-state index is 13.5. The maximum atomic E-state index is 13.5. The Bertz CT molecular complexity index is 332. The molecule has 0 saturated carbocycles. The van der Waals surface area contributed by atoms with Crippen LogP contribution >= 0.6 is 0 Å². The minimum atomic E-state index is -0.187. The summed E-state index contributed by atoms with van der Waals surface area (Å²) >= 11 is 0. The Kier molecular flexibility index (Phi) is 6.06. The van der Waals surface area contributed by atoms with Gasteiger partial charge in [-0.3, -0.25) is 0 Å². The lowest BCUT2D eigenvalue weighted by atomic mass is 9.68. The van der Waals surface area contributed by atoms with Gasteiger partial charge in [0.15, 0.2) is 0 Å². The van der Waals surface area contributed by atoms with Crippen LogP contribution in [0.2, 0.25) is 0 Å². The molecule has 18 heavy (non-hydrogen) atoms. The minimum absolute atomic E-state index is 0.0985. The average molecular weight is 252 g/mol. The number of hydrogen-bond acceptors (Lipinski definition) is 0. The molecule has 1 atom stereocenters. The molecular weight excluding hydrogens is 223 g/mol. The predicted molar refractivity (Wildman–Crippen MR) is 80.2 cm³/mol. The molecular formula is C17H29F. The summed E-state index contributed by atoms with van der Waals surface area (Å²) in [5, 5.41) is 0. The van der Waals surface area contributed by atoms with Gasteiger partial charge in [0, 0.05) is 0 Å². The summed E-state index contributed by atoms with van der Waals surface area (Å²) in [6.45, 7) is 18.8. The lowest BCUT2D eigenvalue weighted by Gasteiger charge is -2.36. The van der Waals surface area contributed by atoms with E-state index in [9.17, 15) is 4.39 Å². The quantitative estimate of drug-likeness (QED) is 0.533. The van der Waals surface area contributed by atoms with Crippen LogP contribution in [0.25, 0.3) is 0 Å². The molecule has 0 aliphatic carbocycles. The van der Waals surface area contributed by atoms with Crippen molar-refractivity contribution in [1.82, 2.24) is 0 Å². The highest BCUT2D eigenvalue weighted by Crippen LogP contribution is 2.41. The van der Waals surface area contributed by atoms with Crippen LogP contribution in [0.4, 0.5) is 4.39 Å². The summed E-state index contributed by atoms with van der Waals surface area (Å²) in [7, 11) is 0. The minimum Gasteiger partial charge on any atom is -0.207 e. The summed E-state index contributed by atoms with van der Waals surface area (Å²) in [5.41, 5.74) is 1.31. The highest BCUT2D eigenvalue weighted by molar-refractivity contribution is 5.29. The van der Waals surface area contributed by atoms with Crippen molar-refractivity contribution in [2.24, 2.45) is 16.7 Å². The van der Waals surface area contributed by atoms with E-state index in [-0.39, 0.29) is 16.7 Å². The topological polar surface area (TPSA) is 0 Å². The summed E-state index contributed by atoms with van der Waals surface area (Å²) in [6, 6.07) is 0. The Labute approximate surface area is 113 Å². The summed E-state index contributed by atoms with van der Waals surface area (Å²) in [4.78, 5) is 0. The molecule has 0 aliphatic rings. The Balaban J connectivity index is 5.43. The van der Waals surface area contributed by atoms with Gasteiger partial charge < -0.3 is 0 Å². The smallest absolute Gasteiger partial charge is 0.119 e. The molecule has 0 spiro atoms. The van der Waals surface area contributed by atoms with E-state index in [1.807, 2.05) is 0 Å². The third-order valence-corrected chi connectivity index (χ3v) is 3.08. The molecule has 0 aliphatic heterocycles. The van der Waals surface area contributed by atoms with Crippen molar-refractivity contribution in [2.75, 3.05) is 0 Å². The molecule has 0 radical (unpaired) electrons. The zero-order chi connectivity index (χ0) is 14.6. The molecule has 0 nitrogen and oxygen atoms in total. The van der Waals surface area contributed by atoms with Gasteiger partial charge in [0.2, 0.25) is 0 Å². The van der Waals surface area contributed by atoms with Gasteiger partial charge in [-0.25, -0.2) is 4.39 Å². The van der Waals surface area contributed by atoms with Crippen LogP contribution in [-0.4, -0.2) is 0 Å². The number of rotatable bonds is 4. The second-order valence-electron chi connectivity index (χ2n) is 7.21. The second-order valence-corrected chi connectivity index (χ2v) is 7.21. The molecule has 0 amide bonds. The number of halogens is 1. The maximum Gasteiger partial charge on any atom is 0.119 e. The van der Waals surface area contributed by atoms with Gasteiger partial charge in [0.25, 0.3) is 0 Å². The third-order valence-electron chi connectivity index (χ3n) is 3.08. The fourth-order valence-electron chi connectivity index (χ4n) is 2.08.